The van der Waals surface area contributed by atoms with Gasteiger partial charge in [-0.1, -0.05) is 41.9 Å². The summed E-state index contributed by atoms with van der Waals surface area (Å²) in [6.45, 7) is 3.18. The zero-order valence-electron chi connectivity index (χ0n) is 26.7. The summed E-state index contributed by atoms with van der Waals surface area (Å²) in [6.07, 6.45) is 4.41. The van der Waals surface area contributed by atoms with Crippen molar-refractivity contribution < 1.29 is 28.5 Å². The van der Waals surface area contributed by atoms with E-state index in [0.29, 0.717) is 56.0 Å². The summed E-state index contributed by atoms with van der Waals surface area (Å²) in [5.41, 5.74) is 3.77. The van der Waals surface area contributed by atoms with Crippen LogP contribution in [0.5, 0.6) is 11.5 Å². The van der Waals surface area contributed by atoms with Gasteiger partial charge in [-0.05, 0) is 73.2 Å². The van der Waals surface area contributed by atoms with Crippen molar-refractivity contribution in [1.82, 2.24) is 10.2 Å². The number of carbonyl (C=O) groups is 2. The highest BCUT2D eigenvalue weighted by Crippen LogP contribution is 2.33. The number of anilines is 1. The SMILES string of the molecule is COCCCc1ccc(Cl)c(CN(C(=O)[C@H]2CNCC(=O)N2c2ccc(OCCCOCc3ccccc3OC)cc2)C2CC2)c1. The molecule has 1 atom stereocenters. The first-order valence-electron chi connectivity index (χ1n) is 16.0. The van der Waals surface area contributed by atoms with E-state index in [4.69, 9.17) is 30.5 Å². The third-order valence-electron chi connectivity index (χ3n) is 8.28. The maximum Gasteiger partial charge on any atom is 0.247 e. The van der Waals surface area contributed by atoms with Gasteiger partial charge in [0.1, 0.15) is 17.5 Å². The lowest BCUT2D eigenvalue weighted by atomic mass is 10.0. The molecule has 2 amide bonds. The van der Waals surface area contributed by atoms with E-state index >= 15 is 0 Å². The van der Waals surface area contributed by atoms with Crippen LogP contribution in [0.15, 0.2) is 66.7 Å². The fraction of sp³-hybridized carbons (Fsp3) is 0.444. The predicted octanol–water partition coefficient (Wildman–Crippen LogP) is 5.41. The second kappa shape index (κ2) is 16.8. The van der Waals surface area contributed by atoms with E-state index < -0.39 is 6.04 Å². The molecule has 1 N–H and O–H groups in total. The van der Waals surface area contributed by atoms with Crippen LogP contribution in [0, 0.1) is 0 Å². The molecular formula is C36H44ClN3O6. The van der Waals surface area contributed by atoms with Crippen LogP contribution in [0.4, 0.5) is 5.69 Å². The second-order valence-corrected chi connectivity index (χ2v) is 12.1. The molecule has 246 valence electrons. The Kier molecular flexibility index (Phi) is 12.3. The molecule has 3 aromatic rings. The van der Waals surface area contributed by atoms with Crippen molar-refractivity contribution in [1.29, 1.82) is 0 Å². The first-order chi connectivity index (χ1) is 22.5. The Morgan fingerprint density at radius 3 is 2.54 bits per heavy atom. The molecule has 2 fully saturated rings. The van der Waals surface area contributed by atoms with Crippen LogP contribution < -0.4 is 19.7 Å². The van der Waals surface area contributed by atoms with Gasteiger partial charge in [-0.25, -0.2) is 0 Å². The third kappa shape index (κ3) is 9.00. The first kappa shape index (κ1) is 33.7. The van der Waals surface area contributed by atoms with Crippen molar-refractivity contribution in [2.45, 2.75) is 57.3 Å². The van der Waals surface area contributed by atoms with E-state index in [0.717, 1.165) is 49.0 Å². The monoisotopic (exact) mass is 649 g/mol. The average molecular weight is 650 g/mol. The third-order valence-corrected chi connectivity index (χ3v) is 8.65. The number of nitrogens with zero attached hydrogens (tertiary/aromatic N) is 2. The number of para-hydroxylation sites is 1. The van der Waals surface area contributed by atoms with Crippen molar-refractivity contribution in [2.75, 3.05) is 52.0 Å². The summed E-state index contributed by atoms with van der Waals surface area (Å²) in [6, 6.07) is 20.7. The number of benzene rings is 3. The highest BCUT2D eigenvalue weighted by molar-refractivity contribution is 6.31. The lowest BCUT2D eigenvalue weighted by Gasteiger charge is -2.38. The quantitative estimate of drug-likeness (QED) is 0.196. The largest absolute Gasteiger partial charge is 0.496 e. The van der Waals surface area contributed by atoms with Gasteiger partial charge in [0.05, 0.1) is 33.5 Å². The summed E-state index contributed by atoms with van der Waals surface area (Å²) in [4.78, 5) is 30.9. The van der Waals surface area contributed by atoms with Gasteiger partial charge in [-0.3, -0.25) is 14.5 Å². The predicted molar refractivity (Wildman–Crippen MR) is 179 cm³/mol. The molecule has 0 bridgehead atoms. The molecule has 1 saturated heterocycles. The number of carbonyl (C=O) groups excluding carboxylic acids is 2. The highest BCUT2D eigenvalue weighted by atomic mass is 35.5. The summed E-state index contributed by atoms with van der Waals surface area (Å²) in [5.74, 6) is 1.30. The van der Waals surface area contributed by atoms with Crippen molar-refractivity contribution >= 4 is 29.1 Å². The van der Waals surface area contributed by atoms with Gasteiger partial charge in [0, 0.05) is 55.5 Å². The van der Waals surface area contributed by atoms with Gasteiger partial charge >= 0.3 is 0 Å². The Labute approximate surface area is 276 Å². The molecule has 1 aliphatic carbocycles. The van der Waals surface area contributed by atoms with Gasteiger partial charge in [-0.15, -0.1) is 0 Å². The molecule has 0 spiro atoms. The second-order valence-electron chi connectivity index (χ2n) is 11.7. The molecule has 10 heteroatoms. The van der Waals surface area contributed by atoms with Crippen molar-refractivity contribution in [3.63, 3.8) is 0 Å². The zero-order chi connectivity index (χ0) is 32.3. The number of halogens is 1. The molecule has 0 unspecified atom stereocenters. The van der Waals surface area contributed by atoms with Crippen LogP contribution in [0.2, 0.25) is 5.02 Å². The van der Waals surface area contributed by atoms with Gasteiger partial charge in [0.15, 0.2) is 0 Å². The normalized spacial score (nSPS) is 16.4. The molecule has 1 saturated carbocycles. The number of piperazine rings is 1. The van der Waals surface area contributed by atoms with E-state index in [1.807, 2.05) is 65.6 Å². The van der Waals surface area contributed by atoms with E-state index in [2.05, 4.69) is 11.4 Å². The number of hydrogen-bond acceptors (Lipinski definition) is 7. The van der Waals surface area contributed by atoms with Gasteiger partial charge in [-0.2, -0.15) is 0 Å². The standard InChI is InChI=1S/C36H44ClN3O6/c1-43-18-5-7-26-10-17-32(37)28(21-26)24-39(29-11-12-29)36(42)33-22-38-23-35(41)40(33)30-13-15-31(16-14-30)46-20-6-19-45-25-27-8-3-4-9-34(27)44-2/h3-4,8-10,13-17,21,29,33,38H,5-7,11-12,18-20,22-25H2,1-2H3/t33-/m1/s1. The Morgan fingerprint density at radius 2 is 1.78 bits per heavy atom. The van der Waals surface area contributed by atoms with Crippen LogP contribution in [0.3, 0.4) is 0 Å². The molecule has 2 aliphatic rings. The molecule has 3 aromatic carbocycles. The fourth-order valence-electron chi connectivity index (χ4n) is 5.72. The Balaban J connectivity index is 1.18. The van der Waals surface area contributed by atoms with Crippen molar-refractivity contribution in [3.05, 3.63) is 88.4 Å². The number of hydrogen-bond donors (Lipinski definition) is 1. The summed E-state index contributed by atoms with van der Waals surface area (Å²) in [5, 5.41) is 3.79. The number of amides is 2. The lowest BCUT2D eigenvalue weighted by Crippen LogP contribution is -2.61. The minimum absolute atomic E-state index is 0.0719. The first-order valence-corrected chi connectivity index (χ1v) is 16.4. The lowest BCUT2D eigenvalue weighted by molar-refractivity contribution is -0.136. The average Bonchev–Trinajstić information content (AvgIpc) is 3.92. The summed E-state index contributed by atoms with van der Waals surface area (Å²) in [7, 11) is 3.35. The van der Waals surface area contributed by atoms with E-state index in [1.54, 1.807) is 19.1 Å². The number of methoxy groups -OCH3 is 2. The van der Waals surface area contributed by atoms with Crippen LogP contribution in [0.25, 0.3) is 0 Å². The minimum Gasteiger partial charge on any atom is -0.496 e. The van der Waals surface area contributed by atoms with Crippen LogP contribution >= 0.6 is 11.6 Å². The maximum atomic E-state index is 14.1. The molecule has 9 nitrogen and oxygen atoms in total. The zero-order valence-corrected chi connectivity index (χ0v) is 27.5. The van der Waals surface area contributed by atoms with E-state index in [1.165, 1.54) is 5.56 Å². The number of ether oxygens (including phenoxy) is 4. The fourth-order valence-corrected chi connectivity index (χ4v) is 5.90. The van der Waals surface area contributed by atoms with Crippen LogP contribution in [-0.4, -0.2) is 75.9 Å². The molecule has 0 radical (unpaired) electrons. The van der Waals surface area contributed by atoms with Crippen LogP contribution in [0.1, 0.15) is 42.4 Å². The summed E-state index contributed by atoms with van der Waals surface area (Å²) >= 11 is 6.61. The summed E-state index contributed by atoms with van der Waals surface area (Å²) < 4.78 is 22.3. The molecule has 46 heavy (non-hydrogen) atoms. The van der Waals surface area contributed by atoms with Crippen LogP contribution in [-0.2, 0) is 38.6 Å². The molecule has 1 aliphatic heterocycles. The van der Waals surface area contributed by atoms with E-state index in [-0.39, 0.29) is 24.4 Å². The minimum atomic E-state index is -0.655. The Morgan fingerprint density at radius 1 is 0.978 bits per heavy atom. The van der Waals surface area contributed by atoms with Gasteiger partial charge in [0.2, 0.25) is 11.8 Å². The smallest absolute Gasteiger partial charge is 0.247 e. The van der Waals surface area contributed by atoms with Gasteiger partial charge < -0.3 is 29.2 Å². The number of aryl methyl sites for hydroxylation is 1. The highest BCUT2D eigenvalue weighted by Gasteiger charge is 2.41. The molecule has 1 heterocycles. The number of nitrogens with one attached hydrogen (secondary N) is 1. The van der Waals surface area contributed by atoms with Gasteiger partial charge in [0.25, 0.3) is 0 Å². The topological polar surface area (TPSA) is 89.6 Å². The molecule has 5 rings (SSSR count). The Hall–Kier alpha value is -3.63. The Bertz CT molecular complexity index is 1450. The molecular weight excluding hydrogens is 606 g/mol. The van der Waals surface area contributed by atoms with E-state index in [9.17, 15) is 9.59 Å². The molecule has 0 aromatic heterocycles. The van der Waals surface area contributed by atoms with Crippen molar-refractivity contribution in [3.8, 4) is 11.5 Å². The number of rotatable bonds is 17. The maximum absolute atomic E-state index is 14.1. The van der Waals surface area contributed by atoms with Crippen molar-refractivity contribution in [2.24, 2.45) is 0 Å².